The highest BCUT2D eigenvalue weighted by Gasteiger charge is 2.18. The number of thiophene rings is 2. The number of nitrogens with one attached hydrogen (secondary N) is 1. The van der Waals surface area contributed by atoms with E-state index in [2.05, 4.69) is 5.32 Å². The Morgan fingerprint density at radius 1 is 1.42 bits per heavy atom. The SMILES string of the molecule is COc1c(C(=O)CNC(=O)c2cccs2)csc1Cl. The van der Waals surface area contributed by atoms with Crippen molar-refractivity contribution in [3.8, 4) is 5.75 Å². The zero-order valence-corrected chi connectivity index (χ0v) is 12.3. The molecular weight excluding hydrogens is 306 g/mol. The number of hydrogen-bond acceptors (Lipinski definition) is 5. The van der Waals surface area contributed by atoms with E-state index in [0.717, 1.165) is 0 Å². The maximum absolute atomic E-state index is 12.0. The predicted octanol–water partition coefficient (Wildman–Crippen LogP) is 3.08. The quantitative estimate of drug-likeness (QED) is 0.863. The lowest BCUT2D eigenvalue weighted by molar-refractivity contribution is 0.0905. The molecule has 0 aliphatic heterocycles. The van der Waals surface area contributed by atoms with E-state index in [0.29, 0.717) is 20.5 Å². The van der Waals surface area contributed by atoms with Crippen LogP contribution in [0.5, 0.6) is 5.75 Å². The molecule has 0 fully saturated rings. The van der Waals surface area contributed by atoms with Crippen LogP contribution in [0.2, 0.25) is 4.34 Å². The van der Waals surface area contributed by atoms with Crippen molar-refractivity contribution in [2.45, 2.75) is 0 Å². The number of carbonyl (C=O) groups is 2. The van der Waals surface area contributed by atoms with Crippen molar-refractivity contribution >= 4 is 46.0 Å². The van der Waals surface area contributed by atoms with Gasteiger partial charge in [-0.1, -0.05) is 17.7 Å². The van der Waals surface area contributed by atoms with Gasteiger partial charge in [-0.25, -0.2) is 0 Å². The summed E-state index contributed by atoms with van der Waals surface area (Å²) in [7, 11) is 1.45. The molecule has 0 bridgehead atoms. The van der Waals surface area contributed by atoms with Crippen LogP contribution >= 0.6 is 34.3 Å². The van der Waals surface area contributed by atoms with Gasteiger partial charge in [-0.3, -0.25) is 9.59 Å². The molecule has 2 aromatic heterocycles. The first-order chi connectivity index (χ1) is 9.13. The molecule has 4 nitrogen and oxygen atoms in total. The summed E-state index contributed by atoms with van der Waals surface area (Å²) in [5, 5.41) is 6.00. The molecule has 0 saturated carbocycles. The number of methoxy groups -OCH3 is 1. The number of halogens is 1. The molecule has 0 aliphatic carbocycles. The van der Waals surface area contributed by atoms with Crippen molar-refractivity contribution < 1.29 is 14.3 Å². The van der Waals surface area contributed by atoms with Crippen molar-refractivity contribution in [3.05, 3.63) is 37.7 Å². The first-order valence-corrected chi connectivity index (χ1v) is 7.43. The second-order valence-electron chi connectivity index (χ2n) is 3.54. The Balaban J connectivity index is 2.00. The molecule has 2 aromatic rings. The van der Waals surface area contributed by atoms with E-state index in [1.807, 2.05) is 0 Å². The third-order valence-corrected chi connectivity index (χ3v) is 4.42. The summed E-state index contributed by atoms with van der Waals surface area (Å²) >= 11 is 8.44. The first kappa shape index (κ1) is 14.0. The van der Waals surface area contributed by atoms with Gasteiger partial charge in [-0.15, -0.1) is 22.7 Å². The Labute approximate surface area is 123 Å². The number of amides is 1. The molecule has 0 atom stereocenters. The molecule has 100 valence electrons. The van der Waals surface area contributed by atoms with E-state index >= 15 is 0 Å². The zero-order chi connectivity index (χ0) is 13.8. The number of carbonyl (C=O) groups excluding carboxylic acids is 2. The summed E-state index contributed by atoms with van der Waals surface area (Å²) in [6.07, 6.45) is 0. The van der Waals surface area contributed by atoms with Gasteiger partial charge in [0.1, 0.15) is 4.34 Å². The van der Waals surface area contributed by atoms with Gasteiger partial charge in [-0.05, 0) is 11.4 Å². The van der Waals surface area contributed by atoms with Gasteiger partial charge in [0.2, 0.25) is 0 Å². The van der Waals surface area contributed by atoms with Crippen LogP contribution in [0.25, 0.3) is 0 Å². The van der Waals surface area contributed by atoms with Crippen molar-refractivity contribution in [2.75, 3.05) is 13.7 Å². The average molecular weight is 316 g/mol. The fraction of sp³-hybridized carbons (Fsp3) is 0.167. The van der Waals surface area contributed by atoms with Crippen LogP contribution < -0.4 is 10.1 Å². The van der Waals surface area contributed by atoms with Crippen molar-refractivity contribution in [1.82, 2.24) is 5.32 Å². The van der Waals surface area contributed by atoms with Gasteiger partial charge >= 0.3 is 0 Å². The molecule has 0 aliphatic rings. The standard InChI is InChI=1S/C12H10ClNO3S2/c1-17-10-7(6-19-11(10)13)8(15)5-14-12(16)9-3-2-4-18-9/h2-4,6H,5H2,1H3,(H,14,16). The van der Waals surface area contributed by atoms with Crippen LogP contribution in [-0.4, -0.2) is 25.3 Å². The fourth-order valence-corrected chi connectivity index (χ4v) is 3.17. The summed E-state index contributed by atoms with van der Waals surface area (Å²) in [5.41, 5.74) is 0.393. The maximum Gasteiger partial charge on any atom is 0.261 e. The van der Waals surface area contributed by atoms with Gasteiger partial charge in [0, 0.05) is 5.38 Å². The van der Waals surface area contributed by atoms with E-state index in [1.54, 1.807) is 22.9 Å². The molecule has 0 spiro atoms. The number of hydrogen-bond donors (Lipinski definition) is 1. The lowest BCUT2D eigenvalue weighted by atomic mass is 10.2. The van der Waals surface area contributed by atoms with Crippen LogP contribution in [0.4, 0.5) is 0 Å². The largest absolute Gasteiger partial charge is 0.494 e. The van der Waals surface area contributed by atoms with Crippen LogP contribution in [0.1, 0.15) is 20.0 Å². The van der Waals surface area contributed by atoms with E-state index in [-0.39, 0.29) is 18.2 Å². The van der Waals surface area contributed by atoms with Gasteiger partial charge < -0.3 is 10.1 Å². The third kappa shape index (κ3) is 3.15. The number of rotatable bonds is 5. The lowest BCUT2D eigenvalue weighted by Gasteiger charge is -2.04. The second kappa shape index (κ2) is 6.18. The van der Waals surface area contributed by atoms with Gasteiger partial charge in [0.15, 0.2) is 11.5 Å². The molecule has 7 heteroatoms. The van der Waals surface area contributed by atoms with E-state index in [1.165, 1.54) is 29.8 Å². The molecule has 2 rings (SSSR count). The summed E-state index contributed by atoms with van der Waals surface area (Å²) < 4.78 is 5.49. The molecule has 2 heterocycles. The minimum atomic E-state index is -0.261. The Kier molecular flexibility index (Phi) is 4.57. The summed E-state index contributed by atoms with van der Waals surface area (Å²) in [6.45, 7) is -0.0832. The Bertz CT molecular complexity index is 592. The molecule has 0 radical (unpaired) electrons. The topological polar surface area (TPSA) is 55.4 Å². The smallest absolute Gasteiger partial charge is 0.261 e. The van der Waals surface area contributed by atoms with Gasteiger partial charge in [-0.2, -0.15) is 0 Å². The molecule has 1 amide bonds. The molecule has 0 unspecified atom stereocenters. The minimum absolute atomic E-state index is 0.0832. The monoisotopic (exact) mass is 315 g/mol. The predicted molar refractivity (Wildman–Crippen MR) is 76.9 cm³/mol. The summed E-state index contributed by atoms with van der Waals surface area (Å²) in [4.78, 5) is 24.2. The van der Waals surface area contributed by atoms with Crippen LogP contribution in [-0.2, 0) is 0 Å². The average Bonchev–Trinajstić information content (AvgIpc) is 3.04. The van der Waals surface area contributed by atoms with Crippen molar-refractivity contribution in [2.24, 2.45) is 0 Å². The normalized spacial score (nSPS) is 10.2. The number of Topliss-reactive ketones (excluding diaryl/α,β-unsaturated/α-hetero) is 1. The highest BCUT2D eigenvalue weighted by Crippen LogP contribution is 2.35. The highest BCUT2D eigenvalue weighted by molar-refractivity contribution is 7.15. The minimum Gasteiger partial charge on any atom is -0.494 e. The highest BCUT2D eigenvalue weighted by atomic mass is 35.5. The van der Waals surface area contributed by atoms with Crippen LogP contribution in [0, 0.1) is 0 Å². The van der Waals surface area contributed by atoms with Crippen LogP contribution in [0.3, 0.4) is 0 Å². The zero-order valence-electron chi connectivity index (χ0n) is 9.94. The second-order valence-corrected chi connectivity index (χ2v) is 5.97. The lowest BCUT2D eigenvalue weighted by Crippen LogP contribution is -2.28. The van der Waals surface area contributed by atoms with E-state index in [9.17, 15) is 9.59 Å². The molecule has 19 heavy (non-hydrogen) atoms. The van der Waals surface area contributed by atoms with Crippen molar-refractivity contribution in [1.29, 1.82) is 0 Å². The Hall–Kier alpha value is -1.37. The molecule has 0 aromatic carbocycles. The third-order valence-electron chi connectivity index (χ3n) is 2.36. The number of ether oxygens (including phenoxy) is 1. The Morgan fingerprint density at radius 2 is 2.21 bits per heavy atom. The van der Waals surface area contributed by atoms with Crippen LogP contribution in [0.15, 0.2) is 22.9 Å². The summed E-state index contributed by atoms with van der Waals surface area (Å²) in [6, 6.07) is 3.48. The fourth-order valence-electron chi connectivity index (χ4n) is 1.46. The first-order valence-electron chi connectivity index (χ1n) is 5.29. The van der Waals surface area contributed by atoms with E-state index in [4.69, 9.17) is 16.3 Å². The molecule has 1 N–H and O–H groups in total. The number of ketones is 1. The summed E-state index contributed by atoms with van der Waals surface area (Å²) in [5.74, 6) is -0.129. The van der Waals surface area contributed by atoms with Gasteiger partial charge in [0.05, 0.1) is 24.1 Å². The van der Waals surface area contributed by atoms with Crippen molar-refractivity contribution in [3.63, 3.8) is 0 Å². The Morgan fingerprint density at radius 3 is 2.84 bits per heavy atom. The van der Waals surface area contributed by atoms with Gasteiger partial charge in [0.25, 0.3) is 5.91 Å². The molecular formula is C12H10ClNO3S2. The molecule has 0 saturated heterocycles. The van der Waals surface area contributed by atoms with E-state index < -0.39 is 0 Å². The maximum atomic E-state index is 12.0.